The summed E-state index contributed by atoms with van der Waals surface area (Å²) < 4.78 is 0. The molecule has 4 atom stereocenters. The summed E-state index contributed by atoms with van der Waals surface area (Å²) in [6.45, 7) is 4.67. The van der Waals surface area contributed by atoms with E-state index in [2.05, 4.69) is 17.9 Å². The zero-order valence-electron chi connectivity index (χ0n) is 15.6. The minimum absolute atomic E-state index is 0. The van der Waals surface area contributed by atoms with Gasteiger partial charge in [0.1, 0.15) is 11.5 Å². The molecule has 2 bridgehead atoms. The van der Waals surface area contributed by atoms with E-state index in [0.717, 1.165) is 31.7 Å². The Morgan fingerprint density at radius 2 is 2.08 bits per heavy atom. The van der Waals surface area contributed by atoms with Gasteiger partial charge in [-0.25, -0.2) is 0 Å². The maximum atomic E-state index is 12.6. The largest absolute Gasteiger partial charge is 0.508 e. The number of phenolic OH excluding ortho intramolecular Hbond substituents is 1. The van der Waals surface area contributed by atoms with E-state index in [4.69, 9.17) is 0 Å². The van der Waals surface area contributed by atoms with Crippen LogP contribution in [0.3, 0.4) is 0 Å². The smallest absolute Gasteiger partial charge is 0.134 e. The number of Topliss-reactive ketones (excluding diaryl/α,β-unsaturated/α-hetero) is 1. The predicted octanol–water partition coefficient (Wildman–Crippen LogP) is 4.10. The number of carbonyl (C=O) groups excluding carboxylic acids is 1. The van der Waals surface area contributed by atoms with Gasteiger partial charge in [-0.2, -0.15) is 0 Å². The molecule has 3 aliphatic carbocycles. The first-order valence-electron chi connectivity index (χ1n) is 10.1. The number of likely N-dealkylation sites (tertiary alicyclic amines) is 1. The summed E-state index contributed by atoms with van der Waals surface area (Å²) in [7, 11) is 0. The Bertz CT molecular complexity index is 716. The highest BCUT2D eigenvalue weighted by molar-refractivity contribution is 5.85. The minimum Gasteiger partial charge on any atom is -0.508 e. The van der Waals surface area contributed by atoms with E-state index in [-0.39, 0.29) is 17.8 Å². The van der Waals surface area contributed by atoms with E-state index in [1.807, 2.05) is 12.1 Å². The average Bonchev–Trinajstić information content (AvgIpc) is 2.52. The summed E-state index contributed by atoms with van der Waals surface area (Å²) in [4.78, 5) is 15.3. The van der Waals surface area contributed by atoms with Crippen molar-refractivity contribution in [2.24, 2.45) is 17.8 Å². The molecule has 5 rings (SSSR count). The zero-order valence-corrected chi connectivity index (χ0v) is 16.4. The SMILES string of the molecule is C[C@H]1CC(=O)C[C@]23CCN(CC4CCC4)[C@H](Cc4ccc(O)cc42)[C@H]13.Cl. The van der Waals surface area contributed by atoms with Crippen LogP contribution in [0, 0.1) is 17.8 Å². The molecular weight excluding hydrogens is 346 g/mol. The second-order valence-corrected chi connectivity index (χ2v) is 9.23. The molecule has 26 heavy (non-hydrogen) atoms. The van der Waals surface area contributed by atoms with Gasteiger partial charge in [0.15, 0.2) is 0 Å². The van der Waals surface area contributed by atoms with Crippen LogP contribution in [0.4, 0.5) is 0 Å². The summed E-state index contributed by atoms with van der Waals surface area (Å²) >= 11 is 0. The Labute approximate surface area is 162 Å². The second-order valence-electron chi connectivity index (χ2n) is 9.23. The summed E-state index contributed by atoms with van der Waals surface area (Å²) in [6, 6.07) is 6.50. The molecule has 1 aromatic carbocycles. The number of ketones is 1. The number of aromatic hydroxyl groups is 1. The fourth-order valence-corrected chi connectivity index (χ4v) is 6.64. The van der Waals surface area contributed by atoms with Gasteiger partial charge in [-0.05, 0) is 73.2 Å². The van der Waals surface area contributed by atoms with Crippen molar-refractivity contribution >= 4 is 18.2 Å². The lowest BCUT2D eigenvalue weighted by atomic mass is 9.49. The highest BCUT2D eigenvalue weighted by atomic mass is 35.5. The van der Waals surface area contributed by atoms with Crippen molar-refractivity contribution in [3.8, 4) is 5.75 Å². The van der Waals surface area contributed by atoms with E-state index in [1.165, 1.54) is 36.9 Å². The van der Waals surface area contributed by atoms with Crippen LogP contribution in [-0.2, 0) is 16.6 Å². The van der Waals surface area contributed by atoms with E-state index < -0.39 is 0 Å². The van der Waals surface area contributed by atoms with Gasteiger partial charge in [0.25, 0.3) is 0 Å². The van der Waals surface area contributed by atoms with Gasteiger partial charge < -0.3 is 5.11 Å². The number of benzene rings is 1. The Morgan fingerprint density at radius 1 is 1.27 bits per heavy atom. The van der Waals surface area contributed by atoms with Crippen molar-refractivity contribution in [2.75, 3.05) is 13.1 Å². The standard InChI is InChI=1S/C22H29NO2.ClH/c1-14-9-18(25)12-22-7-8-23(13-15-3-2-4-15)20(21(14)22)10-16-5-6-17(24)11-19(16)22;/h5-6,11,14-15,20-21,24H,2-4,7-10,12-13H2,1H3;1H/t14-,20+,21-,22+;/m0./s1. The fraction of sp³-hybridized carbons (Fsp3) is 0.682. The van der Waals surface area contributed by atoms with Crippen molar-refractivity contribution in [1.29, 1.82) is 0 Å². The summed E-state index contributed by atoms with van der Waals surface area (Å²) in [5, 5.41) is 10.1. The maximum Gasteiger partial charge on any atom is 0.134 e. The van der Waals surface area contributed by atoms with Crippen LogP contribution in [0.2, 0.25) is 0 Å². The number of carbonyl (C=O) groups is 1. The molecule has 4 aliphatic rings. The van der Waals surface area contributed by atoms with E-state index >= 15 is 0 Å². The molecule has 0 unspecified atom stereocenters. The molecule has 1 N–H and O–H groups in total. The molecule has 4 heteroatoms. The summed E-state index contributed by atoms with van der Waals surface area (Å²) in [5.41, 5.74) is 2.64. The number of phenols is 1. The summed E-state index contributed by atoms with van der Waals surface area (Å²) in [6.07, 6.45) is 7.81. The molecule has 0 spiro atoms. The third kappa shape index (κ3) is 2.62. The van der Waals surface area contributed by atoms with Crippen molar-refractivity contribution in [3.63, 3.8) is 0 Å². The Morgan fingerprint density at radius 3 is 2.81 bits per heavy atom. The van der Waals surface area contributed by atoms with Crippen LogP contribution in [-0.4, -0.2) is 34.9 Å². The van der Waals surface area contributed by atoms with Crippen LogP contribution in [0.15, 0.2) is 18.2 Å². The first-order chi connectivity index (χ1) is 12.1. The van der Waals surface area contributed by atoms with Gasteiger partial charge in [0.2, 0.25) is 0 Å². The molecule has 1 saturated heterocycles. The van der Waals surface area contributed by atoms with Crippen LogP contribution in [0.5, 0.6) is 5.75 Å². The second kappa shape index (κ2) is 6.53. The lowest BCUT2D eigenvalue weighted by Crippen LogP contribution is -2.64. The fourth-order valence-electron chi connectivity index (χ4n) is 6.64. The molecule has 2 saturated carbocycles. The van der Waals surface area contributed by atoms with Crippen molar-refractivity contribution in [3.05, 3.63) is 29.3 Å². The monoisotopic (exact) mass is 375 g/mol. The summed E-state index contributed by atoms with van der Waals surface area (Å²) in [5.74, 6) is 2.69. The predicted molar refractivity (Wildman–Crippen MR) is 105 cm³/mol. The third-order valence-electron chi connectivity index (χ3n) is 7.82. The number of hydrogen-bond acceptors (Lipinski definition) is 3. The van der Waals surface area contributed by atoms with Crippen LogP contribution in [0.1, 0.15) is 56.6 Å². The minimum atomic E-state index is -0.0259. The van der Waals surface area contributed by atoms with Crippen molar-refractivity contribution in [1.82, 2.24) is 4.90 Å². The van der Waals surface area contributed by atoms with Crippen LogP contribution < -0.4 is 0 Å². The molecule has 3 nitrogen and oxygen atoms in total. The van der Waals surface area contributed by atoms with Crippen LogP contribution >= 0.6 is 12.4 Å². The number of nitrogens with zero attached hydrogens (tertiary/aromatic N) is 1. The van der Waals surface area contributed by atoms with Gasteiger partial charge in [-0.1, -0.05) is 19.4 Å². The first-order valence-corrected chi connectivity index (χ1v) is 10.1. The highest BCUT2D eigenvalue weighted by Crippen LogP contribution is 2.57. The number of fused-ring (bicyclic) bond motifs is 1. The maximum absolute atomic E-state index is 12.6. The van der Waals surface area contributed by atoms with E-state index in [9.17, 15) is 9.90 Å². The average molecular weight is 376 g/mol. The Balaban J connectivity index is 0.00000168. The molecule has 142 valence electrons. The van der Waals surface area contributed by atoms with E-state index in [1.54, 1.807) is 0 Å². The number of piperidine rings is 1. The number of rotatable bonds is 2. The highest BCUT2D eigenvalue weighted by Gasteiger charge is 2.57. The molecule has 3 fully saturated rings. The molecular formula is C22H30ClNO2. The first kappa shape index (κ1) is 18.3. The normalized spacial score (nSPS) is 36.5. The molecule has 1 aliphatic heterocycles. The molecule has 1 aromatic rings. The Hall–Kier alpha value is -1.06. The third-order valence-corrected chi connectivity index (χ3v) is 7.82. The Kier molecular flexibility index (Phi) is 4.60. The number of hydrogen-bond donors (Lipinski definition) is 1. The molecule has 0 amide bonds. The van der Waals surface area contributed by atoms with Crippen LogP contribution in [0.25, 0.3) is 0 Å². The van der Waals surface area contributed by atoms with Crippen molar-refractivity contribution in [2.45, 2.75) is 63.3 Å². The quantitative estimate of drug-likeness (QED) is 0.846. The molecule has 1 heterocycles. The topological polar surface area (TPSA) is 40.5 Å². The van der Waals surface area contributed by atoms with E-state index in [0.29, 0.717) is 35.8 Å². The zero-order chi connectivity index (χ0) is 17.2. The molecule has 0 radical (unpaired) electrons. The van der Waals surface area contributed by atoms with Gasteiger partial charge in [0.05, 0.1) is 0 Å². The van der Waals surface area contributed by atoms with Gasteiger partial charge in [-0.15, -0.1) is 12.4 Å². The molecule has 0 aromatic heterocycles. The lowest BCUT2D eigenvalue weighted by molar-refractivity contribution is -0.131. The number of halogens is 1. The lowest BCUT2D eigenvalue weighted by Gasteiger charge is -2.61. The van der Waals surface area contributed by atoms with Gasteiger partial charge in [0, 0.05) is 30.8 Å². The van der Waals surface area contributed by atoms with Gasteiger partial charge >= 0.3 is 0 Å². The van der Waals surface area contributed by atoms with Gasteiger partial charge in [-0.3, -0.25) is 9.69 Å². The van der Waals surface area contributed by atoms with Crippen molar-refractivity contribution < 1.29 is 9.90 Å².